The van der Waals surface area contributed by atoms with Crippen molar-refractivity contribution in [2.45, 2.75) is 70.5 Å². The Bertz CT molecular complexity index is 627. The standard InChI is InChI=1S/C19H35N5O7/c1-11(2)9-14(24-17(28)12(21)5-3-4-8-20)18(29)22-10-15(25)23-13(19(30)31)6-7-16(26)27/h11-14H,3-10,20-21H2,1-2H3,(H,22,29)(H,23,25)(H,24,28)(H,26,27)(H,30,31). The quantitative estimate of drug-likeness (QED) is 0.138. The van der Waals surface area contributed by atoms with E-state index in [0.717, 1.165) is 6.42 Å². The van der Waals surface area contributed by atoms with Crippen molar-refractivity contribution in [3.05, 3.63) is 0 Å². The molecule has 0 heterocycles. The normalized spacial score (nSPS) is 13.7. The van der Waals surface area contributed by atoms with Crippen molar-refractivity contribution < 1.29 is 34.2 Å². The van der Waals surface area contributed by atoms with Crippen LogP contribution in [0, 0.1) is 5.92 Å². The number of nitrogens with two attached hydrogens (primary N) is 2. The molecule has 0 saturated carbocycles. The lowest BCUT2D eigenvalue weighted by molar-refractivity contribution is -0.143. The highest BCUT2D eigenvalue weighted by Crippen LogP contribution is 2.06. The summed E-state index contributed by atoms with van der Waals surface area (Å²) in [5.74, 6) is -4.40. The lowest BCUT2D eigenvalue weighted by Crippen LogP contribution is -2.53. The Labute approximate surface area is 181 Å². The largest absolute Gasteiger partial charge is 0.481 e. The molecule has 0 aliphatic rings. The molecule has 3 unspecified atom stereocenters. The van der Waals surface area contributed by atoms with Gasteiger partial charge >= 0.3 is 11.9 Å². The summed E-state index contributed by atoms with van der Waals surface area (Å²) in [5.41, 5.74) is 11.3. The van der Waals surface area contributed by atoms with Crippen molar-refractivity contribution in [2.24, 2.45) is 17.4 Å². The van der Waals surface area contributed by atoms with Crippen LogP contribution < -0.4 is 27.4 Å². The number of hydrogen-bond acceptors (Lipinski definition) is 7. The zero-order valence-corrected chi connectivity index (χ0v) is 18.1. The molecule has 9 N–H and O–H groups in total. The molecule has 178 valence electrons. The number of carboxylic acids is 2. The van der Waals surface area contributed by atoms with Gasteiger partial charge < -0.3 is 37.6 Å². The minimum atomic E-state index is -1.39. The van der Waals surface area contributed by atoms with E-state index >= 15 is 0 Å². The molecule has 0 aliphatic heterocycles. The van der Waals surface area contributed by atoms with Gasteiger partial charge in [-0.3, -0.25) is 19.2 Å². The van der Waals surface area contributed by atoms with E-state index in [0.29, 0.717) is 25.8 Å². The molecule has 0 spiro atoms. The summed E-state index contributed by atoms with van der Waals surface area (Å²) in [6.07, 6.45) is 1.42. The summed E-state index contributed by atoms with van der Waals surface area (Å²) >= 11 is 0. The second-order valence-corrected chi connectivity index (χ2v) is 7.69. The van der Waals surface area contributed by atoms with Crippen molar-refractivity contribution in [1.82, 2.24) is 16.0 Å². The number of rotatable bonds is 16. The van der Waals surface area contributed by atoms with E-state index in [1.54, 1.807) is 0 Å². The fourth-order valence-corrected chi connectivity index (χ4v) is 2.68. The first-order valence-electron chi connectivity index (χ1n) is 10.3. The number of amides is 3. The molecule has 12 nitrogen and oxygen atoms in total. The molecule has 31 heavy (non-hydrogen) atoms. The maximum absolute atomic E-state index is 12.5. The molecule has 0 fully saturated rings. The minimum Gasteiger partial charge on any atom is -0.481 e. The van der Waals surface area contributed by atoms with Gasteiger partial charge in [-0.25, -0.2) is 4.79 Å². The van der Waals surface area contributed by atoms with Gasteiger partial charge in [-0.2, -0.15) is 0 Å². The van der Waals surface area contributed by atoms with Crippen molar-refractivity contribution in [3.8, 4) is 0 Å². The minimum absolute atomic E-state index is 0.0609. The van der Waals surface area contributed by atoms with Crippen LogP contribution >= 0.6 is 0 Å². The van der Waals surface area contributed by atoms with Crippen LogP contribution in [0.4, 0.5) is 0 Å². The smallest absolute Gasteiger partial charge is 0.326 e. The van der Waals surface area contributed by atoms with Gasteiger partial charge in [-0.05, 0) is 38.1 Å². The van der Waals surface area contributed by atoms with E-state index in [4.69, 9.17) is 21.7 Å². The van der Waals surface area contributed by atoms with Crippen molar-refractivity contribution >= 4 is 29.7 Å². The highest BCUT2D eigenvalue weighted by atomic mass is 16.4. The summed E-state index contributed by atoms with van der Waals surface area (Å²) in [4.78, 5) is 58.5. The number of nitrogens with one attached hydrogen (secondary N) is 3. The highest BCUT2D eigenvalue weighted by Gasteiger charge is 2.26. The topological polar surface area (TPSA) is 214 Å². The zero-order valence-electron chi connectivity index (χ0n) is 18.1. The molecule has 12 heteroatoms. The van der Waals surface area contributed by atoms with Gasteiger partial charge in [0.2, 0.25) is 17.7 Å². The Balaban J connectivity index is 4.78. The first-order chi connectivity index (χ1) is 14.5. The van der Waals surface area contributed by atoms with E-state index in [9.17, 15) is 24.0 Å². The van der Waals surface area contributed by atoms with E-state index in [1.807, 2.05) is 13.8 Å². The van der Waals surface area contributed by atoms with Crippen molar-refractivity contribution in [2.75, 3.05) is 13.1 Å². The van der Waals surface area contributed by atoms with Gasteiger partial charge in [-0.1, -0.05) is 20.3 Å². The van der Waals surface area contributed by atoms with Crippen LogP contribution in [-0.4, -0.2) is 71.1 Å². The fourth-order valence-electron chi connectivity index (χ4n) is 2.68. The number of aliphatic carboxylic acids is 2. The van der Waals surface area contributed by atoms with E-state index in [-0.39, 0.29) is 12.3 Å². The summed E-state index contributed by atoms with van der Waals surface area (Å²) in [6.45, 7) is 3.69. The molecule has 0 rings (SSSR count). The Kier molecular flexibility index (Phi) is 13.8. The molecule has 0 aliphatic carbocycles. The Morgan fingerprint density at radius 2 is 1.55 bits per heavy atom. The average Bonchev–Trinajstić information content (AvgIpc) is 2.67. The second kappa shape index (κ2) is 15.1. The van der Waals surface area contributed by atoms with Crippen LogP contribution in [0.1, 0.15) is 52.4 Å². The van der Waals surface area contributed by atoms with Gasteiger partial charge in [0.15, 0.2) is 0 Å². The first-order valence-corrected chi connectivity index (χ1v) is 10.3. The maximum Gasteiger partial charge on any atom is 0.326 e. The molecule has 0 saturated heterocycles. The van der Waals surface area contributed by atoms with Crippen LogP contribution in [0.3, 0.4) is 0 Å². The van der Waals surface area contributed by atoms with Gasteiger partial charge in [0.1, 0.15) is 12.1 Å². The van der Waals surface area contributed by atoms with Gasteiger partial charge in [0, 0.05) is 6.42 Å². The van der Waals surface area contributed by atoms with Crippen LogP contribution in [0.25, 0.3) is 0 Å². The summed E-state index contributed by atoms with van der Waals surface area (Å²) in [6, 6.07) is -3.09. The highest BCUT2D eigenvalue weighted by molar-refractivity contribution is 5.92. The van der Waals surface area contributed by atoms with Gasteiger partial charge in [-0.15, -0.1) is 0 Å². The van der Waals surface area contributed by atoms with E-state index < -0.39 is 60.8 Å². The monoisotopic (exact) mass is 445 g/mol. The molecule has 3 amide bonds. The Morgan fingerprint density at radius 1 is 0.903 bits per heavy atom. The van der Waals surface area contributed by atoms with Gasteiger partial charge in [0.25, 0.3) is 0 Å². The molecule has 0 aromatic rings. The fraction of sp³-hybridized carbons (Fsp3) is 0.737. The number of carbonyl (C=O) groups is 5. The van der Waals surface area contributed by atoms with Crippen LogP contribution in [0.5, 0.6) is 0 Å². The van der Waals surface area contributed by atoms with Crippen LogP contribution in [0.15, 0.2) is 0 Å². The number of hydrogen-bond donors (Lipinski definition) is 7. The van der Waals surface area contributed by atoms with Crippen molar-refractivity contribution in [1.29, 1.82) is 0 Å². The summed E-state index contributed by atoms with van der Waals surface area (Å²) in [7, 11) is 0. The molecule has 0 aromatic heterocycles. The van der Waals surface area contributed by atoms with Crippen LogP contribution in [-0.2, 0) is 24.0 Å². The molecular weight excluding hydrogens is 410 g/mol. The number of unbranched alkanes of at least 4 members (excludes halogenated alkanes) is 1. The Morgan fingerprint density at radius 3 is 2.06 bits per heavy atom. The summed E-state index contributed by atoms with van der Waals surface area (Å²) in [5, 5.41) is 24.8. The lowest BCUT2D eigenvalue weighted by Gasteiger charge is -2.22. The molecular formula is C19H35N5O7. The Hall–Kier alpha value is -2.73. The zero-order chi connectivity index (χ0) is 24.0. The third-order valence-electron chi connectivity index (χ3n) is 4.35. The average molecular weight is 446 g/mol. The van der Waals surface area contributed by atoms with Gasteiger partial charge in [0.05, 0.1) is 12.6 Å². The third-order valence-corrected chi connectivity index (χ3v) is 4.35. The maximum atomic E-state index is 12.5. The predicted molar refractivity (Wildman–Crippen MR) is 112 cm³/mol. The summed E-state index contributed by atoms with van der Waals surface area (Å²) < 4.78 is 0. The molecule has 0 bridgehead atoms. The number of carboxylic acid groups (broad SMARTS) is 2. The van der Waals surface area contributed by atoms with Crippen molar-refractivity contribution in [3.63, 3.8) is 0 Å². The molecule has 0 aromatic carbocycles. The van der Waals surface area contributed by atoms with E-state index in [1.165, 1.54) is 0 Å². The molecule has 3 atom stereocenters. The second-order valence-electron chi connectivity index (χ2n) is 7.69. The lowest BCUT2D eigenvalue weighted by atomic mass is 10.0. The molecule has 0 radical (unpaired) electrons. The first kappa shape index (κ1) is 28.3. The SMILES string of the molecule is CC(C)CC(NC(=O)C(N)CCCCN)C(=O)NCC(=O)NC(CCC(=O)O)C(=O)O. The van der Waals surface area contributed by atoms with E-state index in [2.05, 4.69) is 16.0 Å². The third kappa shape index (κ3) is 13.2. The predicted octanol–water partition coefficient (Wildman–Crippen LogP) is -1.48. The van der Waals surface area contributed by atoms with Crippen LogP contribution in [0.2, 0.25) is 0 Å². The number of carbonyl (C=O) groups excluding carboxylic acids is 3.